The van der Waals surface area contributed by atoms with Gasteiger partial charge in [-0.1, -0.05) is 34.1 Å². The maximum absolute atomic E-state index is 12.6. The zero-order valence-electron chi connectivity index (χ0n) is 15.0. The molecule has 27 heavy (non-hydrogen) atoms. The number of aromatic nitrogens is 2. The van der Waals surface area contributed by atoms with E-state index in [1.54, 1.807) is 24.3 Å². The van der Waals surface area contributed by atoms with E-state index in [0.29, 0.717) is 29.2 Å². The van der Waals surface area contributed by atoms with Gasteiger partial charge in [-0.2, -0.15) is 5.10 Å². The SMILES string of the molecule is CCNC(=O)c1ccc(C)c(NC(=O)c2cc(-c3ccc(Br)cc3)n[nH]2)c1. The van der Waals surface area contributed by atoms with Gasteiger partial charge in [0.1, 0.15) is 5.69 Å². The first kappa shape index (κ1) is 18.8. The first-order valence-corrected chi connectivity index (χ1v) is 9.28. The van der Waals surface area contributed by atoms with E-state index in [1.807, 2.05) is 38.1 Å². The number of anilines is 1. The van der Waals surface area contributed by atoms with Crippen LogP contribution in [0.15, 0.2) is 53.0 Å². The van der Waals surface area contributed by atoms with Crippen molar-refractivity contribution in [2.75, 3.05) is 11.9 Å². The van der Waals surface area contributed by atoms with Crippen LogP contribution in [0.2, 0.25) is 0 Å². The molecule has 0 aliphatic rings. The molecule has 0 fully saturated rings. The lowest BCUT2D eigenvalue weighted by Crippen LogP contribution is -2.23. The number of hydrogen-bond donors (Lipinski definition) is 3. The summed E-state index contributed by atoms with van der Waals surface area (Å²) in [6, 6.07) is 14.6. The Kier molecular flexibility index (Phi) is 5.71. The number of carbonyl (C=O) groups excluding carboxylic acids is 2. The van der Waals surface area contributed by atoms with Crippen LogP contribution < -0.4 is 10.6 Å². The Labute approximate surface area is 165 Å². The summed E-state index contributed by atoms with van der Waals surface area (Å²) in [5, 5.41) is 12.6. The van der Waals surface area contributed by atoms with E-state index >= 15 is 0 Å². The van der Waals surface area contributed by atoms with E-state index in [9.17, 15) is 9.59 Å². The highest BCUT2D eigenvalue weighted by molar-refractivity contribution is 9.10. The first-order valence-electron chi connectivity index (χ1n) is 8.49. The molecular formula is C20H19BrN4O2. The highest BCUT2D eigenvalue weighted by atomic mass is 79.9. The Morgan fingerprint density at radius 3 is 2.52 bits per heavy atom. The molecule has 3 rings (SSSR count). The van der Waals surface area contributed by atoms with Crippen LogP contribution in [0.4, 0.5) is 5.69 Å². The third kappa shape index (κ3) is 4.43. The van der Waals surface area contributed by atoms with Crippen LogP contribution in [0.5, 0.6) is 0 Å². The average molecular weight is 427 g/mol. The van der Waals surface area contributed by atoms with Crippen LogP contribution in [0.1, 0.15) is 33.3 Å². The van der Waals surface area contributed by atoms with Gasteiger partial charge in [0.25, 0.3) is 11.8 Å². The van der Waals surface area contributed by atoms with Gasteiger partial charge in [-0.15, -0.1) is 0 Å². The van der Waals surface area contributed by atoms with Crippen LogP contribution >= 0.6 is 15.9 Å². The third-order valence-electron chi connectivity index (χ3n) is 4.05. The Bertz CT molecular complexity index is 980. The van der Waals surface area contributed by atoms with Gasteiger partial charge in [0, 0.05) is 27.8 Å². The van der Waals surface area contributed by atoms with Crippen molar-refractivity contribution in [1.82, 2.24) is 15.5 Å². The minimum atomic E-state index is -0.318. The number of H-pyrrole nitrogens is 1. The van der Waals surface area contributed by atoms with Gasteiger partial charge in [0.2, 0.25) is 0 Å². The molecule has 3 N–H and O–H groups in total. The van der Waals surface area contributed by atoms with Crippen LogP contribution in [0, 0.1) is 6.92 Å². The van der Waals surface area contributed by atoms with E-state index < -0.39 is 0 Å². The second-order valence-electron chi connectivity index (χ2n) is 6.02. The smallest absolute Gasteiger partial charge is 0.273 e. The predicted octanol–water partition coefficient (Wildman–Crippen LogP) is 4.15. The Hall–Kier alpha value is -2.93. The van der Waals surface area contributed by atoms with Crippen LogP contribution in [-0.2, 0) is 0 Å². The summed E-state index contributed by atoms with van der Waals surface area (Å²) in [5.41, 5.74) is 3.88. The summed E-state index contributed by atoms with van der Waals surface area (Å²) >= 11 is 3.40. The van der Waals surface area contributed by atoms with E-state index in [0.717, 1.165) is 15.6 Å². The zero-order valence-corrected chi connectivity index (χ0v) is 16.6. The van der Waals surface area contributed by atoms with Crippen molar-refractivity contribution in [3.8, 4) is 11.3 Å². The van der Waals surface area contributed by atoms with Crippen LogP contribution in [-0.4, -0.2) is 28.6 Å². The molecule has 0 spiro atoms. The fraction of sp³-hybridized carbons (Fsp3) is 0.150. The predicted molar refractivity (Wildman–Crippen MR) is 109 cm³/mol. The quantitative estimate of drug-likeness (QED) is 0.572. The molecule has 2 amide bonds. The summed E-state index contributed by atoms with van der Waals surface area (Å²) < 4.78 is 0.974. The van der Waals surface area contributed by atoms with Gasteiger partial charge in [0.05, 0.1) is 5.69 Å². The van der Waals surface area contributed by atoms with Crippen molar-refractivity contribution in [3.05, 3.63) is 69.8 Å². The number of amides is 2. The molecule has 0 bridgehead atoms. The lowest BCUT2D eigenvalue weighted by Gasteiger charge is -2.10. The Morgan fingerprint density at radius 2 is 1.81 bits per heavy atom. The monoisotopic (exact) mass is 426 g/mol. The summed E-state index contributed by atoms with van der Waals surface area (Å²) in [6.45, 7) is 4.27. The normalized spacial score (nSPS) is 10.5. The molecule has 0 aliphatic heterocycles. The summed E-state index contributed by atoms with van der Waals surface area (Å²) in [5.74, 6) is -0.492. The molecule has 3 aromatic rings. The third-order valence-corrected chi connectivity index (χ3v) is 4.58. The van der Waals surface area contributed by atoms with Gasteiger partial charge < -0.3 is 10.6 Å². The number of aromatic amines is 1. The van der Waals surface area contributed by atoms with Crippen molar-refractivity contribution in [3.63, 3.8) is 0 Å². The van der Waals surface area contributed by atoms with Crippen LogP contribution in [0.3, 0.4) is 0 Å². The van der Waals surface area contributed by atoms with Gasteiger partial charge in [0.15, 0.2) is 0 Å². The Balaban J connectivity index is 1.79. The number of hydrogen-bond acceptors (Lipinski definition) is 3. The number of nitrogens with one attached hydrogen (secondary N) is 3. The standard InChI is InChI=1S/C20H19BrN4O2/c1-3-22-19(26)14-5-4-12(2)16(10-14)23-20(27)18-11-17(24-25-18)13-6-8-15(21)9-7-13/h4-11H,3H2,1-2H3,(H,22,26)(H,23,27)(H,24,25). The van der Waals surface area contributed by atoms with Crippen molar-refractivity contribution >= 4 is 33.4 Å². The molecule has 0 aliphatic carbocycles. The van der Waals surface area contributed by atoms with Crippen molar-refractivity contribution in [2.45, 2.75) is 13.8 Å². The topological polar surface area (TPSA) is 86.9 Å². The molecule has 1 aromatic heterocycles. The molecule has 0 atom stereocenters. The molecule has 7 heteroatoms. The summed E-state index contributed by atoms with van der Waals surface area (Å²) in [6.07, 6.45) is 0. The van der Waals surface area contributed by atoms with Crippen molar-refractivity contribution in [2.24, 2.45) is 0 Å². The van der Waals surface area contributed by atoms with E-state index in [2.05, 4.69) is 36.8 Å². The number of nitrogens with zero attached hydrogens (tertiary/aromatic N) is 1. The van der Waals surface area contributed by atoms with Crippen molar-refractivity contribution in [1.29, 1.82) is 0 Å². The fourth-order valence-corrected chi connectivity index (χ4v) is 2.82. The maximum atomic E-state index is 12.6. The van der Waals surface area contributed by atoms with E-state index in [1.165, 1.54) is 0 Å². The van der Waals surface area contributed by atoms with Gasteiger partial charge >= 0.3 is 0 Å². The number of rotatable bonds is 5. The minimum absolute atomic E-state index is 0.174. The second-order valence-corrected chi connectivity index (χ2v) is 6.93. The Morgan fingerprint density at radius 1 is 1.07 bits per heavy atom. The second kappa shape index (κ2) is 8.18. The maximum Gasteiger partial charge on any atom is 0.273 e. The summed E-state index contributed by atoms with van der Waals surface area (Å²) in [7, 11) is 0. The highest BCUT2D eigenvalue weighted by Crippen LogP contribution is 2.22. The number of benzene rings is 2. The van der Waals surface area contributed by atoms with Gasteiger partial charge in [-0.05, 0) is 49.7 Å². The molecule has 2 aromatic carbocycles. The van der Waals surface area contributed by atoms with Gasteiger partial charge in [-0.25, -0.2) is 0 Å². The minimum Gasteiger partial charge on any atom is -0.352 e. The number of halogens is 1. The first-order chi connectivity index (χ1) is 13.0. The largest absolute Gasteiger partial charge is 0.352 e. The van der Waals surface area contributed by atoms with Crippen LogP contribution in [0.25, 0.3) is 11.3 Å². The molecule has 0 saturated heterocycles. The molecule has 0 radical (unpaired) electrons. The zero-order chi connectivity index (χ0) is 19.4. The molecule has 0 saturated carbocycles. The van der Waals surface area contributed by atoms with Crippen molar-refractivity contribution < 1.29 is 9.59 Å². The number of aryl methyl sites for hydroxylation is 1. The van der Waals surface area contributed by atoms with Gasteiger partial charge in [-0.3, -0.25) is 14.7 Å². The average Bonchev–Trinajstić information content (AvgIpc) is 3.14. The van der Waals surface area contributed by atoms with E-state index in [-0.39, 0.29) is 11.8 Å². The molecule has 6 nitrogen and oxygen atoms in total. The lowest BCUT2D eigenvalue weighted by molar-refractivity contribution is 0.0954. The fourth-order valence-electron chi connectivity index (χ4n) is 2.56. The molecule has 1 heterocycles. The molecular weight excluding hydrogens is 408 g/mol. The molecule has 138 valence electrons. The molecule has 0 unspecified atom stereocenters. The number of carbonyl (C=O) groups is 2. The highest BCUT2D eigenvalue weighted by Gasteiger charge is 2.14. The lowest BCUT2D eigenvalue weighted by atomic mass is 10.1. The van der Waals surface area contributed by atoms with E-state index in [4.69, 9.17) is 0 Å². The summed E-state index contributed by atoms with van der Waals surface area (Å²) in [4.78, 5) is 24.6.